The molecule has 0 spiro atoms. The molecule has 0 aliphatic heterocycles. The number of aryl methyl sites for hydroxylation is 1. The predicted octanol–water partition coefficient (Wildman–Crippen LogP) is 4.81. The van der Waals surface area contributed by atoms with Crippen LogP contribution in [0, 0.1) is 6.92 Å². The molecule has 1 aromatic carbocycles. The molecule has 124 valence electrons. The molecule has 7 heteroatoms. The van der Waals surface area contributed by atoms with Gasteiger partial charge in [0.25, 0.3) is 5.91 Å². The summed E-state index contributed by atoms with van der Waals surface area (Å²) in [6, 6.07) is 15.4. The first kappa shape index (κ1) is 16.0. The zero-order chi connectivity index (χ0) is 17.4. The lowest BCUT2D eigenvalue weighted by atomic mass is 10.3. The third-order valence-electron chi connectivity index (χ3n) is 3.74. The molecule has 1 N–H and O–H groups in total. The molecule has 4 aromatic rings. The highest BCUT2D eigenvalue weighted by molar-refractivity contribution is 9.10. The molecule has 4 rings (SSSR count). The number of amides is 1. The van der Waals surface area contributed by atoms with Crippen LogP contribution in [0.3, 0.4) is 0 Å². The summed E-state index contributed by atoms with van der Waals surface area (Å²) in [6.07, 6.45) is 1.65. The molecular weight excluding hydrogens is 400 g/mol. The highest BCUT2D eigenvalue weighted by Crippen LogP contribution is 2.30. The Hall–Kier alpha value is -2.51. The second-order valence-corrected chi connectivity index (χ2v) is 7.42. The number of aromatic nitrogens is 3. The van der Waals surface area contributed by atoms with E-state index in [1.54, 1.807) is 12.3 Å². The Labute approximate surface area is 156 Å². The van der Waals surface area contributed by atoms with Crippen LogP contribution in [-0.4, -0.2) is 20.7 Å². The minimum absolute atomic E-state index is 0.171. The number of halogens is 1. The van der Waals surface area contributed by atoms with Crippen LogP contribution in [0.2, 0.25) is 0 Å². The number of thiophene rings is 1. The van der Waals surface area contributed by atoms with E-state index in [0.717, 1.165) is 26.1 Å². The lowest BCUT2D eigenvalue weighted by Gasteiger charge is -2.03. The Balaban J connectivity index is 1.69. The summed E-state index contributed by atoms with van der Waals surface area (Å²) in [5.74, 6) is 0.349. The number of hydrogen-bond acceptors (Lipinski definition) is 4. The number of nitrogens with one attached hydrogen (secondary N) is 1. The second-order valence-electron chi connectivity index (χ2n) is 5.48. The number of anilines is 1. The highest BCUT2D eigenvalue weighted by Gasteiger charge is 2.17. The maximum absolute atomic E-state index is 12.5. The fraction of sp³-hybridized carbons (Fsp3) is 0.0556. The molecule has 0 radical (unpaired) electrons. The van der Waals surface area contributed by atoms with Crippen molar-refractivity contribution in [2.45, 2.75) is 6.92 Å². The minimum Gasteiger partial charge on any atom is -0.306 e. The second kappa shape index (κ2) is 6.42. The van der Waals surface area contributed by atoms with Crippen LogP contribution in [0.15, 0.2) is 59.2 Å². The first-order valence-corrected chi connectivity index (χ1v) is 9.20. The topological polar surface area (TPSA) is 59.8 Å². The average molecular weight is 413 g/mol. The smallest absolute Gasteiger partial charge is 0.266 e. The van der Waals surface area contributed by atoms with E-state index in [0.29, 0.717) is 10.7 Å². The Morgan fingerprint density at radius 1 is 1.20 bits per heavy atom. The van der Waals surface area contributed by atoms with Crippen molar-refractivity contribution in [1.82, 2.24) is 14.8 Å². The largest absolute Gasteiger partial charge is 0.306 e. The van der Waals surface area contributed by atoms with Crippen molar-refractivity contribution in [2.24, 2.45) is 0 Å². The first-order valence-electron chi connectivity index (χ1n) is 7.59. The van der Waals surface area contributed by atoms with Crippen LogP contribution in [0.5, 0.6) is 0 Å². The molecule has 3 aromatic heterocycles. The number of fused-ring (bicyclic) bond motifs is 1. The normalized spacial score (nSPS) is 11.0. The number of nitrogens with zero attached hydrogens (tertiary/aromatic N) is 3. The van der Waals surface area contributed by atoms with Gasteiger partial charge in [-0.2, -0.15) is 5.10 Å². The summed E-state index contributed by atoms with van der Waals surface area (Å²) in [5.41, 5.74) is 1.87. The summed E-state index contributed by atoms with van der Waals surface area (Å²) in [6.45, 7) is 1.95. The fourth-order valence-corrected chi connectivity index (χ4v) is 3.84. The highest BCUT2D eigenvalue weighted by atomic mass is 79.9. The number of carbonyl (C=O) groups is 1. The fourth-order valence-electron chi connectivity index (χ4n) is 2.53. The maximum Gasteiger partial charge on any atom is 0.266 e. The number of benzene rings is 1. The molecule has 0 bridgehead atoms. The van der Waals surface area contributed by atoms with Gasteiger partial charge in [0.15, 0.2) is 0 Å². The first-order chi connectivity index (χ1) is 12.1. The van der Waals surface area contributed by atoms with Gasteiger partial charge in [0, 0.05) is 16.1 Å². The minimum atomic E-state index is -0.171. The van der Waals surface area contributed by atoms with Crippen LogP contribution >= 0.6 is 27.3 Å². The van der Waals surface area contributed by atoms with Gasteiger partial charge >= 0.3 is 0 Å². The molecular formula is C18H13BrN4OS. The molecule has 5 nitrogen and oxygen atoms in total. The number of pyridine rings is 1. The van der Waals surface area contributed by atoms with E-state index in [1.165, 1.54) is 11.3 Å². The van der Waals surface area contributed by atoms with Gasteiger partial charge < -0.3 is 5.32 Å². The number of rotatable bonds is 3. The van der Waals surface area contributed by atoms with Gasteiger partial charge in [-0.25, -0.2) is 9.67 Å². The zero-order valence-electron chi connectivity index (χ0n) is 13.2. The van der Waals surface area contributed by atoms with Crippen molar-refractivity contribution in [3.05, 3.63) is 69.8 Å². The molecule has 0 aliphatic rings. The molecule has 0 saturated heterocycles. The number of para-hydroxylation sites is 1. The molecule has 3 heterocycles. The Morgan fingerprint density at radius 2 is 2.00 bits per heavy atom. The third-order valence-corrected chi connectivity index (χ3v) is 5.32. The van der Waals surface area contributed by atoms with Gasteiger partial charge in [0.1, 0.15) is 10.6 Å². The Bertz CT molecular complexity index is 1050. The van der Waals surface area contributed by atoms with Crippen molar-refractivity contribution in [1.29, 1.82) is 0 Å². The van der Waals surface area contributed by atoms with E-state index in [-0.39, 0.29) is 5.91 Å². The SMILES string of the molecule is Cc1nn(-c2ccccc2)c2sc(C(=O)Nc3ccc(Br)cn3)cc12. The van der Waals surface area contributed by atoms with Crippen molar-refractivity contribution in [3.63, 3.8) is 0 Å². The molecule has 25 heavy (non-hydrogen) atoms. The van der Waals surface area contributed by atoms with Gasteiger partial charge in [-0.15, -0.1) is 11.3 Å². The summed E-state index contributed by atoms with van der Waals surface area (Å²) < 4.78 is 2.75. The van der Waals surface area contributed by atoms with Crippen molar-refractivity contribution in [3.8, 4) is 5.69 Å². The molecule has 0 saturated carbocycles. The molecule has 0 unspecified atom stereocenters. The lowest BCUT2D eigenvalue weighted by Crippen LogP contribution is -2.11. The van der Waals surface area contributed by atoms with Gasteiger partial charge in [-0.05, 0) is 53.2 Å². The lowest BCUT2D eigenvalue weighted by molar-refractivity contribution is 0.103. The molecule has 1 amide bonds. The van der Waals surface area contributed by atoms with Crippen LogP contribution in [0.1, 0.15) is 15.4 Å². The van der Waals surface area contributed by atoms with Gasteiger partial charge in [0.2, 0.25) is 0 Å². The number of carbonyl (C=O) groups excluding carboxylic acids is 1. The summed E-state index contributed by atoms with van der Waals surface area (Å²) in [7, 11) is 0. The average Bonchev–Trinajstić information content (AvgIpc) is 3.19. The maximum atomic E-state index is 12.5. The molecule has 0 fully saturated rings. The number of hydrogen-bond donors (Lipinski definition) is 1. The van der Waals surface area contributed by atoms with E-state index < -0.39 is 0 Å². The van der Waals surface area contributed by atoms with Crippen LogP contribution < -0.4 is 5.32 Å². The molecule has 0 aliphatic carbocycles. The van der Waals surface area contributed by atoms with Crippen LogP contribution in [-0.2, 0) is 0 Å². The van der Waals surface area contributed by atoms with E-state index in [2.05, 4.69) is 31.3 Å². The Morgan fingerprint density at radius 3 is 2.72 bits per heavy atom. The molecule has 0 atom stereocenters. The van der Waals surface area contributed by atoms with E-state index in [1.807, 2.05) is 54.1 Å². The van der Waals surface area contributed by atoms with Crippen molar-refractivity contribution < 1.29 is 4.79 Å². The van der Waals surface area contributed by atoms with Gasteiger partial charge in [-0.3, -0.25) is 4.79 Å². The monoisotopic (exact) mass is 412 g/mol. The van der Waals surface area contributed by atoms with Gasteiger partial charge in [-0.1, -0.05) is 18.2 Å². The van der Waals surface area contributed by atoms with Crippen LogP contribution in [0.25, 0.3) is 15.9 Å². The van der Waals surface area contributed by atoms with Crippen LogP contribution in [0.4, 0.5) is 5.82 Å². The van der Waals surface area contributed by atoms with Gasteiger partial charge in [0.05, 0.1) is 16.3 Å². The summed E-state index contributed by atoms with van der Waals surface area (Å²) >= 11 is 4.75. The summed E-state index contributed by atoms with van der Waals surface area (Å²) in [4.78, 5) is 18.3. The van der Waals surface area contributed by atoms with E-state index in [9.17, 15) is 4.79 Å². The van der Waals surface area contributed by atoms with E-state index >= 15 is 0 Å². The van der Waals surface area contributed by atoms with Crippen molar-refractivity contribution in [2.75, 3.05) is 5.32 Å². The van der Waals surface area contributed by atoms with Crippen molar-refractivity contribution >= 4 is 49.2 Å². The standard InChI is InChI=1S/C18H13BrN4OS/c1-11-14-9-15(17(24)21-16-8-7-12(19)10-20-16)25-18(14)23(22-11)13-5-3-2-4-6-13/h2-10H,1H3,(H,20,21,24). The zero-order valence-corrected chi connectivity index (χ0v) is 15.6. The quantitative estimate of drug-likeness (QED) is 0.525. The summed E-state index contributed by atoms with van der Waals surface area (Å²) in [5, 5.41) is 8.41. The van der Waals surface area contributed by atoms with E-state index in [4.69, 9.17) is 0 Å². The third kappa shape index (κ3) is 3.08. The predicted molar refractivity (Wildman–Crippen MR) is 104 cm³/mol. The Kier molecular flexibility index (Phi) is 4.10.